The molecule has 40 heavy (non-hydrogen) atoms. The molecule has 1 saturated heterocycles. The zero-order valence-electron chi connectivity index (χ0n) is 21.0. The highest BCUT2D eigenvalue weighted by Gasteiger charge is 2.62. The molecule has 2 aromatic heterocycles. The number of anilines is 1. The summed E-state index contributed by atoms with van der Waals surface area (Å²) in [7, 11) is 0. The number of nitrogens with one attached hydrogen (secondary N) is 1. The molecule has 1 aliphatic heterocycles. The molecule has 3 heterocycles. The van der Waals surface area contributed by atoms with Gasteiger partial charge in [-0.05, 0) is 37.1 Å². The van der Waals surface area contributed by atoms with E-state index in [0.29, 0.717) is 16.8 Å². The number of hydrogen-bond acceptors (Lipinski definition) is 5. The van der Waals surface area contributed by atoms with Gasteiger partial charge in [0.15, 0.2) is 28.9 Å². The van der Waals surface area contributed by atoms with Crippen LogP contribution in [0, 0.1) is 24.4 Å². The highest BCUT2D eigenvalue weighted by Crippen LogP contribution is 2.39. The van der Waals surface area contributed by atoms with Crippen LogP contribution in [-0.4, -0.2) is 59.9 Å². The first-order valence-electron chi connectivity index (χ1n) is 12.0. The number of halogens is 8. The van der Waals surface area contributed by atoms with Gasteiger partial charge in [-0.25, -0.2) is 18.2 Å². The first-order valence-corrected chi connectivity index (χ1v) is 12.0. The lowest BCUT2D eigenvalue weighted by atomic mass is 10.1. The van der Waals surface area contributed by atoms with Gasteiger partial charge in [0.25, 0.3) is 5.91 Å². The third kappa shape index (κ3) is 5.21. The normalized spacial score (nSPS) is 15.4. The van der Waals surface area contributed by atoms with E-state index in [4.69, 9.17) is 4.74 Å². The average molecular weight is 578 g/mol. The number of amides is 1. The molecule has 0 radical (unpaired) electrons. The Morgan fingerprint density at radius 1 is 1.05 bits per heavy atom. The zero-order chi connectivity index (χ0) is 29.6. The van der Waals surface area contributed by atoms with Crippen molar-refractivity contribution >= 4 is 22.8 Å². The number of nitrogens with zero attached hydrogens (tertiary/aromatic N) is 3. The number of carbonyl (C=O) groups is 1. The summed E-state index contributed by atoms with van der Waals surface area (Å²) in [6, 6.07) is -0.277. The molecule has 0 spiro atoms. The number of morpholine rings is 1. The molecule has 3 aromatic rings. The lowest BCUT2D eigenvalue weighted by Crippen LogP contribution is -2.55. The third-order valence-corrected chi connectivity index (χ3v) is 6.40. The summed E-state index contributed by atoms with van der Waals surface area (Å²) in [6.07, 6.45) is -6.34. The number of hydrogen-bond donors (Lipinski definition) is 1. The second-order valence-corrected chi connectivity index (χ2v) is 9.14. The van der Waals surface area contributed by atoms with Crippen LogP contribution in [0.15, 0.2) is 29.2 Å². The number of aromatic nitrogens is 2. The fourth-order valence-electron chi connectivity index (χ4n) is 4.35. The van der Waals surface area contributed by atoms with Crippen molar-refractivity contribution in [3.8, 4) is 5.69 Å². The van der Waals surface area contributed by atoms with E-state index in [1.807, 2.05) is 0 Å². The highest BCUT2D eigenvalue weighted by molar-refractivity contribution is 5.97. The van der Waals surface area contributed by atoms with Gasteiger partial charge in [0.05, 0.1) is 18.6 Å². The lowest BCUT2D eigenvalue weighted by Gasteiger charge is -2.29. The molecule has 0 saturated carbocycles. The number of aryl methyl sites for hydroxylation is 1. The van der Waals surface area contributed by atoms with Crippen molar-refractivity contribution in [1.82, 2.24) is 14.9 Å². The van der Waals surface area contributed by atoms with Crippen LogP contribution >= 0.6 is 0 Å². The van der Waals surface area contributed by atoms with Gasteiger partial charge in [-0.15, -0.1) is 0 Å². The first-order chi connectivity index (χ1) is 18.7. The van der Waals surface area contributed by atoms with E-state index in [9.17, 15) is 31.5 Å². The highest BCUT2D eigenvalue weighted by atomic mass is 19.4. The number of pyridine rings is 2. The van der Waals surface area contributed by atoms with Gasteiger partial charge in [-0.1, -0.05) is 6.92 Å². The standard InChI is InChI=1S/C25H22F8N4O3/c1-3-18(24(29,30)25(31,32)33)34-23(39)14-11-37(19-15(26)8-12(2)9-16(19)27)21-13(20(14)38)10-17(28)22(35-21)36-4-6-40-7-5-36/h8-11,18H,3-7H2,1-2H3,(H,34,39). The van der Waals surface area contributed by atoms with Crippen LogP contribution in [-0.2, 0) is 4.74 Å². The largest absolute Gasteiger partial charge is 0.455 e. The quantitative estimate of drug-likeness (QED) is 0.431. The van der Waals surface area contributed by atoms with E-state index in [1.165, 1.54) is 17.1 Å². The van der Waals surface area contributed by atoms with Crippen molar-refractivity contribution in [3.63, 3.8) is 0 Å². The maximum Gasteiger partial charge on any atom is 0.455 e. The Hall–Kier alpha value is -3.75. The number of carbonyl (C=O) groups excluding carboxylic acids is 1. The van der Waals surface area contributed by atoms with Crippen molar-refractivity contribution in [1.29, 1.82) is 0 Å². The fourth-order valence-corrected chi connectivity index (χ4v) is 4.35. The molecule has 1 aliphatic rings. The Kier molecular flexibility index (Phi) is 7.80. The summed E-state index contributed by atoms with van der Waals surface area (Å²) < 4.78 is 118. The van der Waals surface area contributed by atoms with Crippen LogP contribution in [0.1, 0.15) is 29.3 Å². The van der Waals surface area contributed by atoms with Crippen molar-refractivity contribution in [2.24, 2.45) is 0 Å². The summed E-state index contributed by atoms with van der Waals surface area (Å²) in [4.78, 5) is 31.7. The molecule has 4 rings (SSSR count). The number of benzene rings is 1. The Labute approximate surface area is 221 Å². The molecule has 1 unspecified atom stereocenters. The van der Waals surface area contributed by atoms with Crippen molar-refractivity contribution in [3.05, 3.63) is 63.2 Å². The smallest absolute Gasteiger partial charge is 0.378 e. The van der Waals surface area contributed by atoms with Gasteiger partial charge >= 0.3 is 12.1 Å². The summed E-state index contributed by atoms with van der Waals surface area (Å²) >= 11 is 0. The number of rotatable bonds is 6. The lowest BCUT2D eigenvalue weighted by molar-refractivity contribution is -0.292. The summed E-state index contributed by atoms with van der Waals surface area (Å²) in [5.74, 6) is -10.8. The molecule has 7 nitrogen and oxygen atoms in total. The Balaban J connectivity index is 1.95. The average Bonchev–Trinajstić information content (AvgIpc) is 2.87. The monoisotopic (exact) mass is 578 g/mol. The van der Waals surface area contributed by atoms with Crippen LogP contribution in [0.5, 0.6) is 0 Å². The van der Waals surface area contributed by atoms with E-state index in [2.05, 4.69) is 4.98 Å². The second kappa shape index (κ2) is 10.7. The number of ether oxygens (including phenoxy) is 1. The molecule has 1 aromatic carbocycles. The minimum Gasteiger partial charge on any atom is -0.378 e. The number of fused-ring (bicyclic) bond motifs is 1. The molecule has 216 valence electrons. The molecular weight excluding hydrogens is 556 g/mol. The van der Waals surface area contributed by atoms with Crippen LogP contribution in [0.4, 0.5) is 40.9 Å². The molecule has 0 aliphatic carbocycles. The van der Waals surface area contributed by atoms with Crippen LogP contribution < -0.4 is 15.6 Å². The summed E-state index contributed by atoms with van der Waals surface area (Å²) in [5, 5.41) is 0.815. The Bertz CT molecular complexity index is 1490. The van der Waals surface area contributed by atoms with Crippen molar-refractivity contribution in [2.75, 3.05) is 31.2 Å². The molecule has 1 N–H and O–H groups in total. The molecule has 1 atom stereocenters. The van der Waals surface area contributed by atoms with Gasteiger partial charge in [0.1, 0.15) is 17.3 Å². The molecule has 0 bridgehead atoms. The fraction of sp³-hybridized carbons (Fsp3) is 0.400. The first kappa shape index (κ1) is 29.2. The minimum absolute atomic E-state index is 0.162. The maximum atomic E-state index is 15.1. The maximum absolute atomic E-state index is 15.1. The van der Waals surface area contributed by atoms with E-state index in [-0.39, 0.29) is 37.7 Å². The van der Waals surface area contributed by atoms with Crippen molar-refractivity contribution in [2.45, 2.75) is 38.4 Å². The van der Waals surface area contributed by atoms with Crippen LogP contribution in [0.25, 0.3) is 16.7 Å². The van der Waals surface area contributed by atoms with Gasteiger partial charge < -0.3 is 15.0 Å². The topological polar surface area (TPSA) is 76.5 Å². The van der Waals surface area contributed by atoms with Gasteiger partial charge in [-0.2, -0.15) is 22.0 Å². The van der Waals surface area contributed by atoms with E-state index < -0.39 is 75.6 Å². The van der Waals surface area contributed by atoms with Gasteiger partial charge in [-0.3, -0.25) is 14.2 Å². The summed E-state index contributed by atoms with van der Waals surface area (Å²) in [6.45, 7) is 3.15. The third-order valence-electron chi connectivity index (χ3n) is 6.40. The van der Waals surface area contributed by atoms with Crippen LogP contribution in [0.3, 0.4) is 0 Å². The Morgan fingerprint density at radius 3 is 2.20 bits per heavy atom. The minimum atomic E-state index is -6.03. The van der Waals surface area contributed by atoms with E-state index in [0.717, 1.165) is 19.1 Å². The van der Waals surface area contributed by atoms with Gasteiger partial charge in [0, 0.05) is 19.3 Å². The van der Waals surface area contributed by atoms with Crippen molar-refractivity contribution < 1.29 is 44.7 Å². The van der Waals surface area contributed by atoms with Crippen LogP contribution in [0.2, 0.25) is 0 Å². The molecule has 15 heteroatoms. The molecular formula is C25H22F8N4O3. The summed E-state index contributed by atoms with van der Waals surface area (Å²) in [5.41, 5.74) is -3.54. The predicted molar refractivity (Wildman–Crippen MR) is 128 cm³/mol. The molecule has 1 amide bonds. The van der Waals surface area contributed by atoms with E-state index in [1.54, 1.807) is 0 Å². The van der Waals surface area contributed by atoms with Gasteiger partial charge in [0.2, 0.25) is 5.43 Å². The SMILES string of the molecule is CCC(NC(=O)c1cn(-c2c(F)cc(C)cc2F)c2nc(N3CCOCC3)c(F)cc2c1=O)C(F)(F)C(F)(F)F. The zero-order valence-corrected chi connectivity index (χ0v) is 21.0. The van der Waals surface area contributed by atoms with E-state index >= 15 is 13.2 Å². The Morgan fingerprint density at radius 2 is 1.65 bits per heavy atom. The second-order valence-electron chi connectivity index (χ2n) is 9.14. The molecule has 1 fully saturated rings. The predicted octanol–water partition coefficient (Wildman–Crippen LogP) is 4.65. The number of alkyl halides is 5.